The third kappa shape index (κ3) is 3.69. The summed E-state index contributed by atoms with van der Waals surface area (Å²) < 4.78 is 12.5. The van der Waals surface area contributed by atoms with E-state index in [1.165, 1.54) is 4.57 Å². The molecule has 2 aromatic heterocycles. The predicted octanol–water partition coefficient (Wildman–Crippen LogP) is 0.891. The molecule has 1 aliphatic rings. The first-order chi connectivity index (χ1) is 14.5. The summed E-state index contributed by atoms with van der Waals surface area (Å²) in [6.45, 7) is 4.53. The van der Waals surface area contributed by atoms with Gasteiger partial charge in [-0.2, -0.15) is 0 Å². The van der Waals surface area contributed by atoms with Gasteiger partial charge >= 0.3 is 11.1 Å². The Morgan fingerprint density at radius 3 is 2.63 bits per heavy atom. The van der Waals surface area contributed by atoms with Crippen LogP contribution in [0.15, 0.2) is 44.4 Å². The molecular formula is C19H20N6O5. The number of carbonyl (C=O) groups excluding carboxylic acids is 1. The third-order valence-electron chi connectivity index (χ3n) is 4.55. The number of carbonyl (C=O) groups is 1. The van der Waals surface area contributed by atoms with Crippen molar-refractivity contribution in [2.24, 2.45) is 0 Å². The van der Waals surface area contributed by atoms with E-state index in [1.54, 1.807) is 13.0 Å². The summed E-state index contributed by atoms with van der Waals surface area (Å²) in [5, 5.41) is 10.4. The molecule has 156 valence electrons. The summed E-state index contributed by atoms with van der Waals surface area (Å²) in [6, 6.07) is 8.88. The van der Waals surface area contributed by atoms with E-state index in [1.807, 2.05) is 36.1 Å². The molecule has 0 saturated carbocycles. The monoisotopic (exact) mass is 412 g/mol. The molecule has 1 aliphatic heterocycles. The average molecular weight is 412 g/mol. The number of benzene rings is 1. The number of aromatic nitrogens is 4. The molecule has 0 fully saturated rings. The summed E-state index contributed by atoms with van der Waals surface area (Å²) in [4.78, 5) is 39.0. The highest BCUT2D eigenvalue weighted by molar-refractivity contribution is 5.89. The Balaban J connectivity index is 1.61. The van der Waals surface area contributed by atoms with Gasteiger partial charge in [0.2, 0.25) is 11.9 Å². The number of aryl methyl sites for hydroxylation is 1. The first kappa shape index (κ1) is 19.4. The number of hydrogen-bond acceptors (Lipinski definition) is 8. The zero-order valence-corrected chi connectivity index (χ0v) is 16.5. The van der Waals surface area contributed by atoms with E-state index in [4.69, 9.17) is 9.26 Å². The predicted molar refractivity (Wildman–Crippen MR) is 107 cm³/mol. The maximum Gasteiger partial charge on any atom is 0.333 e. The van der Waals surface area contributed by atoms with E-state index in [9.17, 15) is 14.4 Å². The zero-order chi connectivity index (χ0) is 21.3. The fraction of sp³-hybridized carbons (Fsp3) is 0.316. The molecule has 0 unspecified atom stereocenters. The first-order valence-corrected chi connectivity index (χ1v) is 9.42. The average Bonchev–Trinajstić information content (AvgIpc) is 3.33. The van der Waals surface area contributed by atoms with E-state index in [0.717, 1.165) is 16.1 Å². The minimum atomic E-state index is -0.862. The van der Waals surface area contributed by atoms with Crippen LogP contribution in [0.1, 0.15) is 12.7 Å². The van der Waals surface area contributed by atoms with E-state index >= 15 is 0 Å². The Hall–Kier alpha value is -3.89. The Morgan fingerprint density at radius 2 is 1.97 bits per heavy atom. The number of amides is 1. The maximum atomic E-state index is 12.5. The molecule has 11 heteroatoms. The molecular weight excluding hydrogens is 392 g/mol. The summed E-state index contributed by atoms with van der Waals surface area (Å²) in [5.74, 6) is 1.24. The van der Waals surface area contributed by atoms with E-state index < -0.39 is 23.6 Å². The largest absolute Gasteiger partial charge is 0.494 e. The number of ether oxygens (including phenoxy) is 1. The maximum absolute atomic E-state index is 12.5. The van der Waals surface area contributed by atoms with Gasteiger partial charge in [0.05, 0.1) is 6.61 Å². The van der Waals surface area contributed by atoms with Crippen molar-refractivity contribution in [2.45, 2.75) is 26.9 Å². The van der Waals surface area contributed by atoms with Crippen molar-refractivity contribution >= 4 is 23.4 Å². The lowest BCUT2D eigenvalue weighted by Gasteiger charge is -2.18. The first-order valence-electron chi connectivity index (χ1n) is 9.42. The zero-order valence-electron chi connectivity index (χ0n) is 16.5. The minimum Gasteiger partial charge on any atom is -0.494 e. The number of nitrogens with one attached hydrogen (secondary N) is 1. The van der Waals surface area contributed by atoms with Crippen molar-refractivity contribution in [3.8, 4) is 5.75 Å². The van der Waals surface area contributed by atoms with Crippen molar-refractivity contribution in [3.05, 3.63) is 56.8 Å². The quantitative estimate of drug-likeness (QED) is 0.592. The fourth-order valence-electron chi connectivity index (χ4n) is 3.21. The Kier molecular flexibility index (Phi) is 5.09. The molecule has 1 amide bonds. The van der Waals surface area contributed by atoms with Gasteiger partial charge in [0.1, 0.15) is 18.1 Å². The van der Waals surface area contributed by atoms with Gasteiger partial charge in [0, 0.05) is 24.8 Å². The van der Waals surface area contributed by atoms with Gasteiger partial charge in [-0.25, -0.2) is 4.68 Å². The van der Waals surface area contributed by atoms with Gasteiger partial charge in [-0.3, -0.25) is 19.0 Å². The van der Waals surface area contributed by atoms with Gasteiger partial charge in [-0.05, 0) is 38.1 Å². The Bertz CT molecular complexity index is 1190. The molecule has 0 bridgehead atoms. The molecule has 0 radical (unpaired) electrons. The molecule has 1 N–H and O–H groups in total. The molecule has 4 rings (SSSR count). The fourth-order valence-corrected chi connectivity index (χ4v) is 3.21. The number of fused-ring (bicyclic) bond motifs is 1. The standard InChI is InChI=1S/C19H20N6O5/c1-3-29-14-6-4-13(5-7-14)23-8-9-24-17(27)18(28)25(21-19(23)24)11-16(26)20-15-10-12(2)30-22-15/h4-7,10H,3,8-9,11H2,1-2H3,(H,20,22,26). The van der Waals surface area contributed by atoms with Crippen LogP contribution in [-0.2, 0) is 17.9 Å². The van der Waals surface area contributed by atoms with E-state index in [0.29, 0.717) is 31.4 Å². The Labute approximate surface area is 170 Å². The van der Waals surface area contributed by atoms with E-state index in [2.05, 4.69) is 15.6 Å². The molecule has 0 aliphatic carbocycles. The molecule has 0 atom stereocenters. The van der Waals surface area contributed by atoms with Crippen LogP contribution in [0.5, 0.6) is 5.75 Å². The van der Waals surface area contributed by atoms with Crippen LogP contribution in [0.3, 0.4) is 0 Å². The summed E-state index contributed by atoms with van der Waals surface area (Å²) in [7, 11) is 0. The molecule has 0 spiro atoms. The van der Waals surface area contributed by atoms with Gasteiger partial charge in [0.25, 0.3) is 0 Å². The molecule has 1 aromatic carbocycles. The molecule has 11 nitrogen and oxygen atoms in total. The van der Waals surface area contributed by atoms with Crippen LogP contribution < -0.4 is 26.1 Å². The highest BCUT2D eigenvalue weighted by Crippen LogP contribution is 2.28. The van der Waals surface area contributed by atoms with Crippen LogP contribution in [0.4, 0.5) is 17.5 Å². The van der Waals surface area contributed by atoms with Crippen LogP contribution in [0, 0.1) is 6.92 Å². The summed E-state index contributed by atoms with van der Waals surface area (Å²) >= 11 is 0. The normalized spacial score (nSPS) is 12.7. The lowest BCUT2D eigenvalue weighted by Crippen LogP contribution is -2.44. The van der Waals surface area contributed by atoms with Crippen molar-refractivity contribution in [1.29, 1.82) is 0 Å². The van der Waals surface area contributed by atoms with Crippen molar-refractivity contribution in [1.82, 2.24) is 19.5 Å². The third-order valence-corrected chi connectivity index (χ3v) is 4.55. The highest BCUT2D eigenvalue weighted by Gasteiger charge is 2.26. The topological polar surface area (TPSA) is 124 Å². The molecule has 0 saturated heterocycles. The molecule has 3 heterocycles. The number of rotatable bonds is 6. The number of nitrogens with zero attached hydrogens (tertiary/aromatic N) is 5. The van der Waals surface area contributed by atoms with Gasteiger partial charge < -0.3 is 19.5 Å². The van der Waals surface area contributed by atoms with Gasteiger partial charge in [-0.1, -0.05) is 5.16 Å². The van der Waals surface area contributed by atoms with Crippen LogP contribution in [0.2, 0.25) is 0 Å². The van der Waals surface area contributed by atoms with Crippen LogP contribution >= 0.6 is 0 Å². The van der Waals surface area contributed by atoms with Crippen molar-refractivity contribution in [3.63, 3.8) is 0 Å². The molecule has 30 heavy (non-hydrogen) atoms. The SMILES string of the molecule is CCOc1ccc(N2CCn3c2nn(CC(=O)Nc2cc(C)on2)c(=O)c3=O)cc1. The van der Waals surface area contributed by atoms with Gasteiger partial charge in [0.15, 0.2) is 5.82 Å². The lowest BCUT2D eigenvalue weighted by atomic mass is 10.3. The number of anilines is 3. The van der Waals surface area contributed by atoms with Crippen molar-refractivity contribution in [2.75, 3.05) is 23.4 Å². The summed E-state index contributed by atoms with van der Waals surface area (Å²) in [5.41, 5.74) is -0.790. The van der Waals surface area contributed by atoms with Gasteiger partial charge in [-0.15, -0.1) is 5.10 Å². The smallest absolute Gasteiger partial charge is 0.333 e. The van der Waals surface area contributed by atoms with Crippen LogP contribution in [-0.4, -0.2) is 38.6 Å². The molecule has 3 aromatic rings. The Morgan fingerprint density at radius 1 is 1.20 bits per heavy atom. The number of hydrogen-bond donors (Lipinski definition) is 1. The highest BCUT2D eigenvalue weighted by atomic mass is 16.5. The second kappa shape index (κ2) is 7.85. The second-order valence-corrected chi connectivity index (χ2v) is 6.67. The summed E-state index contributed by atoms with van der Waals surface area (Å²) in [6.07, 6.45) is 0. The van der Waals surface area contributed by atoms with E-state index in [-0.39, 0.29) is 5.82 Å². The lowest BCUT2D eigenvalue weighted by molar-refractivity contribution is -0.117. The van der Waals surface area contributed by atoms with Crippen LogP contribution in [0.25, 0.3) is 0 Å². The minimum absolute atomic E-state index is 0.222. The second-order valence-electron chi connectivity index (χ2n) is 6.67. The van der Waals surface area contributed by atoms with Crippen molar-refractivity contribution < 1.29 is 14.1 Å².